The highest BCUT2D eigenvalue weighted by Crippen LogP contribution is 2.66. The van der Waals surface area contributed by atoms with Crippen LogP contribution in [0.1, 0.15) is 72.6 Å². The standard InChI is InChI=1S/C20H34O2/c1-14-6-5-7-16-19(14,3)9-8-15-12-18(2,17(22)13-21)10-11-20(15,16)4/h6,15-17,21-22H,5,7-13H2,1-4H3/t15-,16-,17+,18-,19+,20-/m0/s1. The first-order valence-corrected chi connectivity index (χ1v) is 9.22. The van der Waals surface area contributed by atoms with Gasteiger partial charge in [-0.25, -0.2) is 0 Å². The molecule has 0 saturated heterocycles. The van der Waals surface area contributed by atoms with E-state index in [9.17, 15) is 10.2 Å². The van der Waals surface area contributed by atoms with Crippen molar-refractivity contribution in [3.05, 3.63) is 11.6 Å². The predicted octanol–water partition coefficient (Wildman–Crippen LogP) is 4.31. The molecule has 3 aliphatic carbocycles. The summed E-state index contributed by atoms with van der Waals surface area (Å²) in [4.78, 5) is 0. The number of allylic oxidation sites excluding steroid dienone is 2. The maximum absolute atomic E-state index is 10.3. The molecule has 3 aliphatic rings. The molecule has 2 fully saturated rings. The van der Waals surface area contributed by atoms with Crippen LogP contribution in [0.4, 0.5) is 0 Å². The van der Waals surface area contributed by atoms with E-state index in [1.165, 1.54) is 32.1 Å². The monoisotopic (exact) mass is 306 g/mol. The Balaban J connectivity index is 1.88. The van der Waals surface area contributed by atoms with Gasteiger partial charge in [-0.1, -0.05) is 32.4 Å². The van der Waals surface area contributed by atoms with Crippen LogP contribution in [0.15, 0.2) is 11.6 Å². The molecule has 2 nitrogen and oxygen atoms in total. The van der Waals surface area contributed by atoms with E-state index >= 15 is 0 Å². The molecule has 0 spiro atoms. The second kappa shape index (κ2) is 5.34. The van der Waals surface area contributed by atoms with Crippen LogP contribution in [-0.2, 0) is 0 Å². The summed E-state index contributed by atoms with van der Waals surface area (Å²) in [6.07, 6.45) is 10.4. The fraction of sp³-hybridized carbons (Fsp3) is 0.900. The molecule has 2 saturated carbocycles. The van der Waals surface area contributed by atoms with Gasteiger partial charge in [0, 0.05) is 0 Å². The minimum Gasteiger partial charge on any atom is -0.394 e. The van der Waals surface area contributed by atoms with Gasteiger partial charge in [0.25, 0.3) is 0 Å². The van der Waals surface area contributed by atoms with Crippen molar-refractivity contribution in [2.45, 2.75) is 78.7 Å². The molecular formula is C20H34O2. The van der Waals surface area contributed by atoms with Crippen molar-refractivity contribution in [2.24, 2.45) is 28.1 Å². The zero-order valence-electron chi connectivity index (χ0n) is 14.9. The molecule has 126 valence electrons. The van der Waals surface area contributed by atoms with E-state index in [1.807, 2.05) is 0 Å². The lowest BCUT2D eigenvalue weighted by molar-refractivity contribution is -0.131. The van der Waals surface area contributed by atoms with E-state index in [4.69, 9.17) is 0 Å². The molecule has 0 radical (unpaired) electrons. The van der Waals surface area contributed by atoms with Crippen LogP contribution >= 0.6 is 0 Å². The lowest BCUT2D eigenvalue weighted by Gasteiger charge is -2.62. The van der Waals surface area contributed by atoms with Crippen molar-refractivity contribution >= 4 is 0 Å². The highest BCUT2D eigenvalue weighted by Gasteiger charge is 2.58. The minimum absolute atomic E-state index is 0.0911. The average molecular weight is 306 g/mol. The van der Waals surface area contributed by atoms with E-state index in [2.05, 4.69) is 33.8 Å². The van der Waals surface area contributed by atoms with Gasteiger partial charge in [-0.05, 0) is 80.0 Å². The molecule has 2 heteroatoms. The summed E-state index contributed by atoms with van der Waals surface area (Å²) in [5.41, 5.74) is 2.34. The van der Waals surface area contributed by atoms with Crippen LogP contribution < -0.4 is 0 Å². The number of rotatable bonds is 2. The Hall–Kier alpha value is -0.340. The second-order valence-corrected chi connectivity index (χ2v) is 9.23. The molecule has 3 rings (SSSR count). The van der Waals surface area contributed by atoms with Crippen molar-refractivity contribution in [3.8, 4) is 0 Å². The predicted molar refractivity (Wildman–Crippen MR) is 90.5 cm³/mol. The summed E-state index contributed by atoms with van der Waals surface area (Å²) < 4.78 is 0. The van der Waals surface area contributed by atoms with Gasteiger partial charge in [0.15, 0.2) is 0 Å². The maximum Gasteiger partial charge on any atom is 0.0824 e. The van der Waals surface area contributed by atoms with Crippen LogP contribution in [0.25, 0.3) is 0 Å². The van der Waals surface area contributed by atoms with Gasteiger partial charge in [0.05, 0.1) is 12.7 Å². The fourth-order valence-corrected chi connectivity index (χ4v) is 6.27. The third-order valence-corrected chi connectivity index (χ3v) is 8.24. The van der Waals surface area contributed by atoms with E-state index in [0.29, 0.717) is 16.7 Å². The molecule has 0 aromatic heterocycles. The Bertz CT molecular complexity index is 470. The molecule has 6 atom stereocenters. The molecule has 0 aliphatic heterocycles. The topological polar surface area (TPSA) is 40.5 Å². The van der Waals surface area contributed by atoms with Crippen molar-refractivity contribution in [3.63, 3.8) is 0 Å². The highest BCUT2D eigenvalue weighted by molar-refractivity contribution is 5.21. The summed E-state index contributed by atoms with van der Waals surface area (Å²) in [7, 11) is 0. The third-order valence-electron chi connectivity index (χ3n) is 8.24. The third kappa shape index (κ3) is 2.21. The van der Waals surface area contributed by atoms with Gasteiger partial charge in [-0.15, -0.1) is 0 Å². The van der Waals surface area contributed by atoms with Gasteiger partial charge in [0.2, 0.25) is 0 Å². The van der Waals surface area contributed by atoms with Crippen molar-refractivity contribution in [2.75, 3.05) is 6.61 Å². The normalized spacial score (nSPS) is 49.8. The van der Waals surface area contributed by atoms with E-state index in [1.54, 1.807) is 5.57 Å². The molecule has 0 amide bonds. The molecule has 0 unspecified atom stereocenters. The van der Waals surface area contributed by atoms with E-state index in [0.717, 1.165) is 18.8 Å². The number of aliphatic hydroxyl groups is 2. The Morgan fingerprint density at radius 1 is 1.18 bits per heavy atom. The summed E-state index contributed by atoms with van der Waals surface area (Å²) in [5.74, 6) is 1.50. The van der Waals surface area contributed by atoms with Gasteiger partial charge in [-0.3, -0.25) is 0 Å². The SMILES string of the molecule is CC1=CCC[C@@H]2[C@@]3(C)CC[C@](C)([C@H](O)CO)C[C@@H]3CC[C@]12C. The van der Waals surface area contributed by atoms with Crippen LogP contribution in [0.2, 0.25) is 0 Å². The Kier molecular flexibility index (Phi) is 4.01. The molecule has 0 aromatic rings. The molecule has 2 N–H and O–H groups in total. The van der Waals surface area contributed by atoms with Gasteiger partial charge < -0.3 is 10.2 Å². The molecule has 0 bridgehead atoms. The maximum atomic E-state index is 10.3. The van der Waals surface area contributed by atoms with Crippen molar-refractivity contribution in [1.82, 2.24) is 0 Å². The molecule has 22 heavy (non-hydrogen) atoms. The number of hydrogen-bond acceptors (Lipinski definition) is 2. The Labute approximate surface area is 136 Å². The summed E-state index contributed by atoms with van der Waals surface area (Å²) >= 11 is 0. The lowest BCUT2D eigenvalue weighted by Crippen LogP contribution is -2.55. The zero-order chi connectivity index (χ0) is 16.2. The Morgan fingerprint density at radius 2 is 1.91 bits per heavy atom. The van der Waals surface area contributed by atoms with Crippen LogP contribution in [0.5, 0.6) is 0 Å². The first-order valence-electron chi connectivity index (χ1n) is 9.22. The summed E-state index contributed by atoms with van der Waals surface area (Å²) in [6, 6.07) is 0. The van der Waals surface area contributed by atoms with E-state index < -0.39 is 6.10 Å². The minimum atomic E-state index is -0.557. The van der Waals surface area contributed by atoms with Gasteiger partial charge in [0.1, 0.15) is 0 Å². The first-order chi connectivity index (χ1) is 10.3. The van der Waals surface area contributed by atoms with Crippen LogP contribution in [0, 0.1) is 28.1 Å². The molecule has 0 heterocycles. The van der Waals surface area contributed by atoms with Crippen molar-refractivity contribution in [1.29, 1.82) is 0 Å². The van der Waals surface area contributed by atoms with Crippen LogP contribution in [-0.4, -0.2) is 22.9 Å². The summed E-state index contributed by atoms with van der Waals surface area (Å²) in [6.45, 7) is 9.47. The second-order valence-electron chi connectivity index (χ2n) is 9.23. The smallest absolute Gasteiger partial charge is 0.0824 e. The first kappa shape index (κ1) is 16.5. The fourth-order valence-electron chi connectivity index (χ4n) is 6.27. The average Bonchev–Trinajstić information content (AvgIpc) is 2.49. The lowest BCUT2D eigenvalue weighted by atomic mass is 9.42. The quantitative estimate of drug-likeness (QED) is 0.746. The zero-order valence-corrected chi connectivity index (χ0v) is 14.9. The number of aliphatic hydroxyl groups excluding tert-OH is 2. The largest absolute Gasteiger partial charge is 0.394 e. The molecule has 0 aromatic carbocycles. The summed E-state index contributed by atoms with van der Waals surface area (Å²) in [5, 5.41) is 19.7. The number of fused-ring (bicyclic) bond motifs is 3. The molecular weight excluding hydrogens is 272 g/mol. The van der Waals surface area contributed by atoms with Crippen LogP contribution in [0.3, 0.4) is 0 Å². The van der Waals surface area contributed by atoms with Gasteiger partial charge in [-0.2, -0.15) is 0 Å². The highest BCUT2D eigenvalue weighted by atomic mass is 16.3. The number of hydrogen-bond donors (Lipinski definition) is 2. The van der Waals surface area contributed by atoms with E-state index in [-0.39, 0.29) is 12.0 Å². The van der Waals surface area contributed by atoms with Gasteiger partial charge >= 0.3 is 0 Å². The van der Waals surface area contributed by atoms with Crippen molar-refractivity contribution < 1.29 is 10.2 Å². The Morgan fingerprint density at radius 3 is 2.59 bits per heavy atom.